The molecule has 16 heavy (non-hydrogen) atoms. The molecule has 1 unspecified atom stereocenters. The highest BCUT2D eigenvalue weighted by Crippen LogP contribution is 2.29. The standard InChI is InChI=1S/C11H10BrFN2S/c1-6-15-5-9(16-6)11(14)7-3-2-4-8(12)10(7)13/h2-5,11H,14H2,1H3. The van der Waals surface area contributed by atoms with Gasteiger partial charge in [0.2, 0.25) is 0 Å². The van der Waals surface area contributed by atoms with Crippen LogP contribution >= 0.6 is 27.3 Å². The van der Waals surface area contributed by atoms with Crippen LogP contribution in [-0.2, 0) is 0 Å². The lowest BCUT2D eigenvalue weighted by Gasteiger charge is -2.11. The van der Waals surface area contributed by atoms with Gasteiger partial charge in [-0.25, -0.2) is 9.37 Å². The quantitative estimate of drug-likeness (QED) is 0.923. The molecular formula is C11H10BrFN2S. The van der Waals surface area contributed by atoms with Crippen LogP contribution in [0.2, 0.25) is 0 Å². The minimum absolute atomic E-state index is 0.305. The van der Waals surface area contributed by atoms with Gasteiger partial charge in [0.1, 0.15) is 5.82 Å². The molecule has 0 aliphatic heterocycles. The molecule has 1 atom stereocenters. The average molecular weight is 301 g/mol. The summed E-state index contributed by atoms with van der Waals surface area (Å²) in [5.74, 6) is -0.305. The van der Waals surface area contributed by atoms with Gasteiger partial charge in [0.25, 0.3) is 0 Å². The number of rotatable bonds is 2. The van der Waals surface area contributed by atoms with Crippen LogP contribution in [0, 0.1) is 12.7 Å². The molecule has 0 radical (unpaired) electrons. The highest BCUT2D eigenvalue weighted by Gasteiger charge is 2.17. The second kappa shape index (κ2) is 4.61. The number of aryl methyl sites for hydroxylation is 1. The fourth-order valence-electron chi connectivity index (χ4n) is 1.44. The fraction of sp³-hybridized carbons (Fsp3) is 0.182. The average Bonchev–Trinajstić information content (AvgIpc) is 2.68. The molecule has 0 amide bonds. The largest absolute Gasteiger partial charge is 0.319 e. The Hall–Kier alpha value is -0.780. The zero-order valence-electron chi connectivity index (χ0n) is 8.58. The molecule has 0 saturated carbocycles. The number of nitrogens with two attached hydrogens (primary N) is 1. The van der Waals surface area contributed by atoms with E-state index in [9.17, 15) is 4.39 Å². The summed E-state index contributed by atoms with van der Waals surface area (Å²) >= 11 is 4.64. The summed E-state index contributed by atoms with van der Waals surface area (Å²) in [7, 11) is 0. The Kier molecular flexibility index (Phi) is 3.37. The number of halogens is 2. The molecule has 0 bridgehead atoms. The Bertz CT molecular complexity index is 512. The van der Waals surface area contributed by atoms with Crippen molar-refractivity contribution in [3.05, 3.63) is 50.1 Å². The number of benzene rings is 1. The second-order valence-electron chi connectivity index (χ2n) is 3.40. The molecule has 84 valence electrons. The first-order chi connectivity index (χ1) is 7.59. The van der Waals surface area contributed by atoms with Gasteiger partial charge in [-0.05, 0) is 28.9 Å². The summed E-state index contributed by atoms with van der Waals surface area (Å²) in [5, 5.41) is 0.931. The molecule has 0 spiro atoms. The Morgan fingerprint density at radius 3 is 2.88 bits per heavy atom. The zero-order chi connectivity index (χ0) is 11.7. The predicted octanol–water partition coefficient (Wildman–Crippen LogP) is 3.40. The number of hydrogen-bond donors (Lipinski definition) is 1. The molecule has 2 rings (SSSR count). The van der Waals surface area contributed by atoms with Crippen molar-refractivity contribution in [1.29, 1.82) is 0 Å². The van der Waals surface area contributed by atoms with E-state index in [0.29, 0.717) is 10.0 Å². The van der Waals surface area contributed by atoms with Crippen molar-refractivity contribution in [2.24, 2.45) is 5.73 Å². The van der Waals surface area contributed by atoms with Gasteiger partial charge < -0.3 is 5.73 Å². The van der Waals surface area contributed by atoms with Crippen molar-refractivity contribution >= 4 is 27.3 Å². The lowest BCUT2D eigenvalue weighted by atomic mass is 10.1. The van der Waals surface area contributed by atoms with Crippen LogP contribution in [0.4, 0.5) is 4.39 Å². The molecule has 0 saturated heterocycles. The van der Waals surface area contributed by atoms with Gasteiger partial charge in [-0.15, -0.1) is 11.3 Å². The maximum Gasteiger partial charge on any atom is 0.142 e. The molecule has 2 nitrogen and oxygen atoms in total. The number of thiazole rings is 1. The van der Waals surface area contributed by atoms with Crippen molar-refractivity contribution < 1.29 is 4.39 Å². The summed E-state index contributed by atoms with van der Waals surface area (Å²) in [5.41, 5.74) is 6.49. The summed E-state index contributed by atoms with van der Waals surface area (Å²) in [6.07, 6.45) is 1.70. The van der Waals surface area contributed by atoms with Gasteiger partial charge in [-0.2, -0.15) is 0 Å². The van der Waals surface area contributed by atoms with Gasteiger partial charge in [0.05, 0.1) is 15.5 Å². The molecule has 1 aromatic carbocycles. The Balaban J connectivity index is 2.41. The van der Waals surface area contributed by atoms with E-state index in [-0.39, 0.29) is 5.82 Å². The fourth-order valence-corrected chi connectivity index (χ4v) is 2.62. The molecule has 0 aliphatic carbocycles. The minimum atomic E-state index is -0.455. The monoisotopic (exact) mass is 300 g/mol. The Labute approximate surface area is 105 Å². The summed E-state index contributed by atoms with van der Waals surface area (Å²) < 4.78 is 14.2. The van der Waals surface area contributed by atoms with Crippen molar-refractivity contribution in [3.8, 4) is 0 Å². The normalized spacial score (nSPS) is 12.8. The predicted molar refractivity (Wildman–Crippen MR) is 67.0 cm³/mol. The molecule has 5 heteroatoms. The third-order valence-electron chi connectivity index (χ3n) is 2.26. The van der Waals surface area contributed by atoms with Crippen molar-refractivity contribution in [3.63, 3.8) is 0 Å². The first-order valence-corrected chi connectivity index (χ1v) is 6.32. The van der Waals surface area contributed by atoms with Gasteiger partial charge in [0.15, 0.2) is 0 Å². The smallest absolute Gasteiger partial charge is 0.142 e. The molecule has 2 N–H and O–H groups in total. The lowest BCUT2D eigenvalue weighted by Crippen LogP contribution is -2.12. The highest BCUT2D eigenvalue weighted by molar-refractivity contribution is 9.10. The van der Waals surface area contributed by atoms with Crippen LogP contribution < -0.4 is 5.73 Å². The Morgan fingerprint density at radius 2 is 2.25 bits per heavy atom. The summed E-state index contributed by atoms with van der Waals surface area (Å²) in [4.78, 5) is 4.99. The minimum Gasteiger partial charge on any atom is -0.319 e. The van der Waals surface area contributed by atoms with Crippen molar-refractivity contribution in [2.45, 2.75) is 13.0 Å². The van der Waals surface area contributed by atoms with E-state index < -0.39 is 6.04 Å². The maximum absolute atomic E-state index is 13.8. The third-order valence-corrected chi connectivity index (χ3v) is 3.87. The van der Waals surface area contributed by atoms with Crippen LogP contribution in [0.3, 0.4) is 0 Å². The summed E-state index contributed by atoms with van der Waals surface area (Å²) in [6.45, 7) is 1.90. The van der Waals surface area contributed by atoms with Crippen LogP contribution in [0.5, 0.6) is 0 Å². The Morgan fingerprint density at radius 1 is 1.50 bits per heavy atom. The molecule has 1 aromatic heterocycles. The lowest BCUT2D eigenvalue weighted by molar-refractivity contribution is 0.594. The SMILES string of the molecule is Cc1ncc(C(N)c2cccc(Br)c2F)s1. The number of hydrogen-bond acceptors (Lipinski definition) is 3. The third kappa shape index (κ3) is 2.16. The van der Waals surface area contributed by atoms with Gasteiger partial charge in [0, 0.05) is 16.6 Å². The maximum atomic E-state index is 13.8. The van der Waals surface area contributed by atoms with Crippen LogP contribution in [-0.4, -0.2) is 4.98 Å². The van der Waals surface area contributed by atoms with Crippen LogP contribution in [0.25, 0.3) is 0 Å². The first kappa shape index (κ1) is 11.7. The molecule has 0 fully saturated rings. The van der Waals surface area contributed by atoms with E-state index >= 15 is 0 Å². The van der Waals surface area contributed by atoms with E-state index in [1.165, 1.54) is 11.3 Å². The highest BCUT2D eigenvalue weighted by atomic mass is 79.9. The molecule has 2 aromatic rings. The van der Waals surface area contributed by atoms with E-state index in [4.69, 9.17) is 5.73 Å². The first-order valence-electron chi connectivity index (χ1n) is 4.71. The van der Waals surface area contributed by atoms with Gasteiger partial charge >= 0.3 is 0 Å². The topological polar surface area (TPSA) is 38.9 Å². The van der Waals surface area contributed by atoms with Crippen molar-refractivity contribution in [2.75, 3.05) is 0 Å². The molecular weight excluding hydrogens is 291 g/mol. The van der Waals surface area contributed by atoms with Crippen LogP contribution in [0.1, 0.15) is 21.5 Å². The molecule has 0 aliphatic rings. The second-order valence-corrected chi connectivity index (χ2v) is 5.52. The van der Waals surface area contributed by atoms with E-state index in [1.807, 2.05) is 6.92 Å². The van der Waals surface area contributed by atoms with Crippen molar-refractivity contribution in [1.82, 2.24) is 4.98 Å². The number of aromatic nitrogens is 1. The molecule has 1 heterocycles. The number of nitrogens with zero attached hydrogens (tertiary/aromatic N) is 1. The van der Waals surface area contributed by atoms with Gasteiger partial charge in [-0.3, -0.25) is 0 Å². The van der Waals surface area contributed by atoms with Crippen LogP contribution in [0.15, 0.2) is 28.9 Å². The van der Waals surface area contributed by atoms with E-state index in [2.05, 4.69) is 20.9 Å². The van der Waals surface area contributed by atoms with Gasteiger partial charge in [-0.1, -0.05) is 12.1 Å². The van der Waals surface area contributed by atoms with E-state index in [0.717, 1.165) is 9.88 Å². The summed E-state index contributed by atoms with van der Waals surface area (Å²) in [6, 6.07) is 4.67. The van der Waals surface area contributed by atoms with E-state index in [1.54, 1.807) is 24.4 Å². The zero-order valence-corrected chi connectivity index (χ0v) is 11.0.